The van der Waals surface area contributed by atoms with E-state index in [0.29, 0.717) is 46.3 Å². The summed E-state index contributed by atoms with van der Waals surface area (Å²) >= 11 is 0. The lowest BCUT2D eigenvalue weighted by Gasteiger charge is -2.60. The van der Waals surface area contributed by atoms with Crippen molar-refractivity contribution in [2.45, 2.75) is 77.0 Å². The van der Waals surface area contributed by atoms with Gasteiger partial charge >= 0.3 is 0 Å². The van der Waals surface area contributed by atoms with Crippen LogP contribution in [0.3, 0.4) is 0 Å². The highest BCUT2D eigenvalue weighted by Gasteiger charge is 2.58. The number of hydrogen-bond acceptors (Lipinski definition) is 4. The summed E-state index contributed by atoms with van der Waals surface area (Å²) in [6.45, 7) is 9.89. The summed E-state index contributed by atoms with van der Waals surface area (Å²) in [7, 11) is 0. The number of nitrogens with zero attached hydrogens (tertiary/aromatic N) is 4. The fourth-order valence-corrected chi connectivity index (χ4v) is 9.99. The maximum Gasteiger partial charge on any atom is 0.0889 e. The molecular weight excluding hydrogens is 560 g/mol. The predicted octanol–water partition coefficient (Wildman–Crippen LogP) is 9.54. The van der Waals surface area contributed by atoms with Gasteiger partial charge in [0, 0.05) is 35.6 Å². The van der Waals surface area contributed by atoms with Crippen molar-refractivity contribution in [3.63, 3.8) is 0 Å². The Morgan fingerprint density at radius 2 is 0.957 bits per heavy atom. The summed E-state index contributed by atoms with van der Waals surface area (Å²) in [6.07, 6.45) is 8.35. The van der Waals surface area contributed by atoms with Crippen LogP contribution in [0.5, 0.6) is 0 Å². The zero-order chi connectivity index (χ0) is 31.2. The average molecular weight is 603 g/mol. The third-order valence-corrected chi connectivity index (χ3v) is 12.8. The molecule has 4 heteroatoms. The van der Waals surface area contributed by atoms with Crippen LogP contribution in [0.4, 0.5) is 0 Å². The van der Waals surface area contributed by atoms with Crippen molar-refractivity contribution >= 4 is 0 Å². The molecule has 0 radical (unpaired) electrons. The Morgan fingerprint density at radius 1 is 0.522 bits per heavy atom. The van der Waals surface area contributed by atoms with Gasteiger partial charge in [0.15, 0.2) is 0 Å². The van der Waals surface area contributed by atoms with Crippen molar-refractivity contribution in [1.82, 2.24) is 19.9 Å². The standard InChI is InChI=1S/C42H42N4/c1-41(2)31-23-33(41)29(39-27(31)15-17-37(45-39)35-9-5-7-19-43-35)21-25-11-13-26(14-12-25)22-30-34-24-32(42(34,3)4)28-16-18-38(46-40(28)30)36-10-6-8-20-44-36/h5-20,29-34H,21-24H2,1-4H3/t29-,30-,31-,32-,33+,34+/m1/s1. The molecule has 46 heavy (non-hydrogen) atoms. The molecule has 6 aliphatic carbocycles. The molecule has 4 aromatic heterocycles. The fraction of sp³-hybridized carbons (Fsp3) is 0.381. The summed E-state index contributed by atoms with van der Waals surface area (Å²) in [5.74, 6) is 3.38. The first-order valence-electron chi connectivity index (χ1n) is 17.2. The van der Waals surface area contributed by atoms with E-state index in [2.05, 4.69) is 110 Å². The van der Waals surface area contributed by atoms with E-state index in [1.807, 2.05) is 24.5 Å². The van der Waals surface area contributed by atoms with Gasteiger partial charge in [0.05, 0.1) is 22.8 Å². The Kier molecular flexibility index (Phi) is 6.20. The van der Waals surface area contributed by atoms with Crippen LogP contribution >= 0.6 is 0 Å². The number of benzene rings is 1. The number of aromatic nitrogens is 4. The lowest BCUT2D eigenvalue weighted by atomic mass is 9.44. The van der Waals surface area contributed by atoms with E-state index >= 15 is 0 Å². The predicted molar refractivity (Wildman–Crippen MR) is 184 cm³/mol. The van der Waals surface area contributed by atoms with Crippen molar-refractivity contribution in [3.8, 4) is 22.8 Å². The van der Waals surface area contributed by atoms with E-state index in [1.54, 1.807) is 0 Å². The summed E-state index contributed by atoms with van der Waals surface area (Å²) in [5, 5.41) is 0. The maximum absolute atomic E-state index is 5.31. The molecule has 5 aromatic rings. The van der Waals surface area contributed by atoms with E-state index < -0.39 is 0 Å². The molecule has 2 fully saturated rings. The van der Waals surface area contributed by atoms with E-state index in [1.165, 1.54) is 46.5 Å². The first kappa shape index (κ1) is 28.1. The molecule has 11 rings (SSSR count). The third kappa shape index (κ3) is 4.18. The summed E-state index contributed by atoms with van der Waals surface area (Å²) in [6, 6.07) is 30.8. The van der Waals surface area contributed by atoms with Gasteiger partial charge in [-0.05, 0) is 119 Å². The molecule has 4 heterocycles. The number of hydrogen-bond donors (Lipinski definition) is 0. The van der Waals surface area contributed by atoms with Gasteiger partial charge in [-0.3, -0.25) is 19.9 Å². The molecule has 0 aliphatic heterocycles. The van der Waals surface area contributed by atoms with Crippen LogP contribution in [-0.2, 0) is 12.8 Å². The van der Waals surface area contributed by atoms with Gasteiger partial charge < -0.3 is 0 Å². The zero-order valence-electron chi connectivity index (χ0n) is 27.3. The van der Waals surface area contributed by atoms with E-state index in [-0.39, 0.29) is 0 Å². The van der Waals surface area contributed by atoms with Gasteiger partial charge in [-0.25, -0.2) is 0 Å². The molecule has 6 aliphatic rings. The second-order valence-corrected chi connectivity index (χ2v) is 15.6. The quantitative estimate of drug-likeness (QED) is 0.194. The highest BCUT2D eigenvalue weighted by molar-refractivity contribution is 5.58. The molecule has 230 valence electrons. The summed E-state index contributed by atoms with van der Waals surface area (Å²) in [4.78, 5) is 19.8. The smallest absolute Gasteiger partial charge is 0.0889 e. The first-order chi connectivity index (χ1) is 22.3. The highest BCUT2D eigenvalue weighted by Crippen LogP contribution is 2.68. The fourth-order valence-electron chi connectivity index (χ4n) is 9.99. The lowest BCUT2D eigenvalue weighted by Crippen LogP contribution is -2.51. The van der Waals surface area contributed by atoms with Crippen molar-refractivity contribution in [3.05, 3.63) is 131 Å². The third-order valence-electron chi connectivity index (χ3n) is 12.8. The molecular formula is C42H42N4. The lowest BCUT2D eigenvalue weighted by molar-refractivity contribution is -0.00768. The van der Waals surface area contributed by atoms with E-state index in [4.69, 9.17) is 9.97 Å². The highest BCUT2D eigenvalue weighted by atomic mass is 14.8. The topological polar surface area (TPSA) is 51.6 Å². The maximum atomic E-state index is 5.31. The molecule has 6 atom stereocenters. The van der Waals surface area contributed by atoms with Crippen molar-refractivity contribution in [2.75, 3.05) is 0 Å². The largest absolute Gasteiger partial charge is 0.255 e. The van der Waals surface area contributed by atoms with Gasteiger partial charge in [-0.1, -0.05) is 76.2 Å². The van der Waals surface area contributed by atoms with Crippen LogP contribution in [0.15, 0.2) is 97.3 Å². The zero-order valence-corrected chi connectivity index (χ0v) is 27.3. The Labute approximate surface area is 272 Å². The second kappa shape index (κ2) is 10.2. The summed E-state index contributed by atoms with van der Waals surface area (Å²) in [5.41, 5.74) is 12.9. The van der Waals surface area contributed by atoms with Gasteiger partial charge in [-0.15, -0.1) is 0 Å². The molecule has 4 nitrogen and oxygen atoms in total. The van der Waals surface area contributed by atoms with Crippen LogP contribution in [0.2, 0.25) is 0 Å². The molecule has 1 aromatic carbocycles. The van der Waals surface area contributed by atoms with Gasteiger partial charge in [0.2, 0.25) is 0 Å². The van der Waals surface area contributed by atoms with Crippen molar-refractivity contribution < 1.29 is 0 Å². The Bertz CT molecular complexity index is 1790. The molecule has 4 bridgehead atoms. The minimum absolute atomic E-state index is 0.314. The van der Waals surface area contributed by atoms with E-state index in [0.717, 1.165) is 35.6 Å². The Balaban J connectivity index is 1.00. The second-order valence-electron chi connectivity index (χ2n) is 15.6. The van der Waals surface area contributed by atoms with Crippen LogP contribution in [-0.4, -0.2) is 19.9 Å². The molecule has 0 spiro atoms. The molecule has 0 unspecified atom stereocenters. The van der Waals surface area contributed by atoms with Gasteiger partial charge in [0.25, 0.3) is 0 Å². The molecule has 0 amide bonds. The Hall–Kier alpha value is -4.18. The number of rotatable bonds is 6. The first-order valence-corrected chi connectivity index (χ1v) is 17.2. The van der Waals surface area contributed by atoms with Crippen LogP contribution in [0.1, 0.15) is 97.8 Å². The van der Waals surface area contributed by atoms with Crippen molar-refractivity contribution in [1.29, 1.82) is 0 Å². The Morgan fingerprint density at radius 3 is 1.33 bits per heavy atom. The minimum atomic E-state index is 0.314. The van der Waals surface area contributed by atoms with Crippen LogP contribution in [0.25, 0.3) is 22.8 Å². The van der Waals surface area contributed by atoms with Gasteiger partial charge in [-0.2, -0.15) is 0 Å². The summed E-state index contributed by atoms with van der Waals surface area (Å²) < 4.78 is 0. The molecule has 2 saturated carbocycles. The van der Waals surface area contributed by atoms with E-state index in [9.17, 15) is 0 Å². The van der Waals surface area contributed by atoms with Crippen molar-refractivity contribution in [2.24, 2.45) is 22.7 Å². The SMILES string of the molecule is CC1(C)[C@@H]2C[C@H]1[C@@H](Cc1ccc(C[C@H]3c4nc(-c5ccccn5)ccc4[C@H]4C[C@@H]3C4(C)C)cc1)c1nc(-c3ccccn3)ccc12. The van der Waals surface area contributed by atoms with Crippen LogP contribution in [0, 0.1) is 22.7 Å². The number of pyridine rings is 4. The monoisotopic (exact) mass is 602 g/mol. The normalized spacial score (nSPS) is 27.5. The van der Waals surface area contributed by atoms with Crippen LogP contribution < -0.4 is 0 Å². The minimum Gasteiger partial charge on any atom is -0.255 e. The molecule has 0 N–H and O–H groups in total. The van der Waals surface area contributed by atoms with Gasteiger partial charge in [0.1, 0.15) is 0 Å². The molecule has 0 saturated heterocycles. The average Bonchev–Trinajstić information content (AvgIpc) is 3.09.